The van der Waals surface area contributed by atoms with Crippen LogP contribution in [-0.2, 0) is 17.9 Å². The van der Waals surface area contributed by atoms with Gasteiger partial charge in [0, 0.05) is 19.3 Å². The van der Waals surface area contributed by atoms with E-state index in [2.05, 4.69) is 19.2 Å². The highest BCUT2D eigenvalue weighted by Crippen LogP contribution is 1.96. The Kier molecular flexibility index (Phi) is 5.54. The number of aromatic nitrogens is 2. The number of nitrogens with one attached hydrogen (secondary N) is 1. The molecule has 1 aromatic rings. The van der Waals surface area contributed by atoms with Crippen LogP contribution < -0.4 is 22.3 Å². The molecule has 0 aromatic carbocycles. The highest BCUT2D eigenvalue weighted by atomic mass is 16.2. The maximum absolute atomic E-state index is 12.0. The molecule has 20 heavy (non-hydrogen) atoms. The number of nitrogens with two attached hydrogens (primary N) is 1. The topological polar surface area (TPSA) is 99.1 Å². The summed E-state index contributed by atoms with van der Waals surface area (Å²) in [6, 6.07) is 0. The Hall–Kier alpha value is -2.05. The van der Waals surface area contributed by atoms with E-state index in [1.807, 2.05) is 0 Å². The van der Waals surface area contributed by atoms with E-state index in [1.54, 1.807) is 6.92 Å². The molecule has 0 aliphatic heterocycles. The molecule has 0 saturated heterocycles. The Morgan fingerprint density at radius 3 is 2.60 bits per heavy atom. The summed E-state index contributed by atoms with van der Waals surface area (Å²) in [6.45, 7) is 6.47. The van der Waals surface area contributed by atoms with Gasteiger partial charge < -0.3 is 11.1 Å². The van der Waals surface area contributed by atoms with Gasteiger partial charge >= 0.3 is 5.69 Å². The molecule has 0 saturated carbocycles. The standard InChI is InChI=1S/C13H22N4O3/c1-4-16-7-10(14)12(19)17(13(16)20)8-11(18)15-6-5-9(2)3/h7,9H,4-6,8,14H2,1-3H3,(H,15,18). The predicted octanol–water partition coefficient (Wildman–Crippen LogP) is -0.226. The first-order valence-corrected chi connectivity index (χ1v) is 6.73. The number of rotatable bonds is 6. The lowest BCUT2D eigenvalue weighted by Gasteiger charge is -2.11. The first kappa shape index (κ1) is 16.0. The van der Waals surface area contributed by atoms with E-state index in [9.17, 15) is 14.4 Å². The number of carbonyl (C=O) groups excluding carboxylic acids is 1. The lowest BCUT2D eigenvalue weighted by atomic mass is 10.1. The van der Waals surface area contributed by atoms with Crippen LogP contribution in [0.25, 0.3) is 0 Å². The maximum Gasteiger partial charge on any atom is 0.331 e. The summed E-state index contributed by atoms with van der Waals surface area (Å²) < 4.78 is 2.17. The first-order valence-electron chi connectivity index (χ1n) is 6.73. The largest absolute Gasteiger partial charge is 0.393 e. The van der Waals surface area contributed by atoms with Gasteiger partial charge in [0.1, 0.15) is 12.2 Å². The van der Waals surface area contributed by atoms with Crippen molar-refractivity contribution in [3.63, 3.8) is 0 Å². The summed E-state index contributed by atoms with van der Waals surface area (Å²) in [7, 11) is 0. The van der Waals surface area contributed by atoms with Crippen molar-refractivity contribution in [2.75, 3.05) is 12.3 Å². The van der Waals surface area contributed by atoms with Crippen molar-refractivity contribution in [3.8, 4) is 0 Å². The SMILES string of the molecule is CCn1cc(N)c(=O)n(CC(=O)NCCC(C)C)c1=O. The Bertz CT molecular complexity index is 586. The fourth-order valence-corrected chi connectivity index (χ4v) is 1.74. The van der Waals surface area contributed by atoms with Crippen molar-refractivity contribution in [1.29, 1.82) is 0 Å². The van der Waals surface area contributed by atoms with Gasteiger partial charge in [0.25, 0.3) is 5.56 Å². The lowest BCUT2D eigenvalue weighted by molar-refractivity contribution is -0.121. The summed E-state index contributed by atoms with van der Waals surface area (Å²) >= 11 is 0. The number of hydrogen-bond acceptors (Lipinski definition) is 4. The van der Waals surface area contributed by atoms with E-state index >= 15 is 0 Å². The Balaban J connectivity index is 2.87. The fraction of sp³-hybridized carbons (Fsp3) is 0.615. The Morgan fingerprint density at radius 2 is 2.05 bits per heavy atom. The molecule has 3 N–H and O–H groups in total. The molecule has 0 aliphatic carbocycles. The lowest BCUT2D eigenvalue weighted by Crippen LogP contribution is -2.44. The van der Waals surface area contributed by atoms with Crippen LogP contribution in [0.3, 0.4) is 0 Å². The summed E-state index contributed by atoms with van der Waals surface area (Å²) in [4.78, 5) is 35.6. The van der Waals surface area contributed by atoms with Crippen LogP contribution in [0.4, 0.5) is 5.69 Å². The monoisotopic (exact) mass is 282 g/mol. The molecule has 7 nitrogen and oxygen atoms in total. The van der Waals surface area contributed by atoms with Crippen molar-refractivity contribution in [3.05, 3.63) is 27.0 Å². The highest BCUT2D eigenvalue weighted by Gasteiger charge is 2.12. The van der Waals surface area contributed by atoms with Gasteiger partial charge in [0.05, 0.1) is 0 Å². The quantitative estimate of drug-likeness (QED) is 0.753. The molecule has 1 amide bonds. The van der Waals surface area contributed by atoms with Gasteiger partial charge in [-0.2, -0.15) is 0 Å². The van der Waals surface area contributed by atoms with E-state index in [0.29, 0.717) is 19.0 Å². The third-order valence-corrected chi connectivity index (χ3v) is 2.95. The van der Waals surface area contributed by atoms with Crippen molar-refractivity contribution in [1.82, 2.24) is 14.5 Å². The molecule has 1 heterocycles. The molecule has 0 bridgehead atoms. The van der Waals surface area contributed by atoms with Gasteiger partial charge in [-0.1, -0.05) is 13.8 Å². The van der Waals surface area contributed by atoms with Gasteiger partial charge in [-0.3, -0.25) is 14.2 Å². The van der Waals surface area contributed by atoms with Gasteiger partial charge in [-0.25, -0.2) is 9.36 Å². The average Bonchev–Trinajstić information content (AvgIpc) is 2.38. The summed E-state index contributed by atoms with van der Waals surface area (Å²) in [5.41, 5.74) is 4.37. The van der Waals surface area contributed by atoms with E-state index in [1.165, 1.54) is 10.8 Å². The summed E-state index contributed by atoms with van der Waals surface area (Å²) in [6.07, 6.45) is 2.15. The molecule has 1 rings (SSSR count). The molecular weight excluding hydrogens is 260 g/mol. The number of hydrogen-bond donors (Lipinski definition) is 2. The zero-order valence-corrected chi connectivity index (χ0v) is 12.2. The summed E-state index contributed by atoms with van der Waals surface area (Å²) in [5, 5.41) is 2.69. The predicted molar refractivity (Wildman–Crippen MR) is 77.5 cm³/mol. The van der Waals surface area contributed by atoms with Gasteiger partial charge in [-0.05, 0) is 19.3 Å². The van der Waals surface area contributed by atoms with E-state index in [0.717, 1.165) is 11.0 Å². The second kappa shape index (κ2) is 6.93. The molecule has 1 aromatic heterocycles. The molecule has 0 fully saturated rings. The average molecular weight is 282 g/mol. The van der Waals surface area contributed by atoms with Crippen LogP contribution in [-0.4, -0.2) is 21.6 Å². The minimum Gasteiger partial charge on any atom is -0.393 e. The maximum atomic E-state index is 12.0. The molecule has 7 heteroatoms. The van der Waals surface area contributed by atoms with Crippen LogP contribution in [0.5, 0.6) is 0 Å². The number of carbonyl (C=O) groups is 1. The number of nitrogen functional groups attached to an aromatic ring is 1. The van der Waals surface area contributed by atoms with Crippen LogP contribution in [0.1, 0.15) is 27.2 Å². The summed E-state index contributed by atoms with van der Waals surface area (Å²) in [5.74, 6) is 0.112. The molecule has 0 aliphatic rings. The first-order chi connectivity index (χ1) is 9.36. The van der Waals surface area contributed by atoms with Crippen LogP contribution in [0, 0.1) is 5.92 Å². The van der Waals surface area contributed by atoms with Crippen LogP contribution in [0.2, 0.25) is 0 Å². The van der Waals surface area contributed by atoms with Crippen LogP contribution >= 0.6 is 0 Å². The van der Waals surface area contributed by atoms with Crippen molar-refractivity contribution < 1.29 is 4.79 Å². The molecule has 0 spiro atoms. The van der Waals surface area contributed by atoms with E-state index < -0.39 is 11.2 Å². The highest BCUT2D eigenvalue weighted by molar-refractivity contribution is 5.75. The third kappa shape index (κ3) is 3.97. The molecular formula is C13H22N4O3. The molecule has 0 unspecified atom stereocenters. The third-order valence-electron chi connectivity index (χ3n) is 2.95. The van der Waals surface area contributed by atoms with E-state index in [4.69, 9.17) is 5.73 Å². The smallest absolute Gasteiger partial charge is 0.331 e. The Morgan fingerprint density at radius 1 is 1.40 bits per heavy atom. The van der Waals surface area contributed by atoms with Crippen molar-refractivity contribution >= 4 is 11.6 Å². The van der Waals surface area contributed by atoms with Gasteiger partial charge in [0.15, 0.2) is 0 Å². The number of anilines is 1. The van der Waals surface area contributed by atoms with Crippen molar-refractivity contribution in [2.24, 2.45) is 5.92 Å². The normalized spacial score (nSPS) is 10.8. The Labute approximate surface area is 117 Å². The second-order valence-electron chi connectivity index (χ2n) is 5.08. The number of amides is 1. The van der Waals surface area contributed by atoms with Crippen LogP contribution in [0.15, 0.2) is 15.8 Å². The van der Waals surface area contributed by atoms with Gasteiger partial charge in [0.2, 0.25) is 5.91 Å². The fourth-order valence-electron chi connectivity index (χ4n) is 1.74. The van der Waals surface area contributed by atoms with Crippen molar-refractivity contribution in [2.45, 2.75) is 40.3 Å². The van der Waals surface area contributed by atoms with E-state index in [-0.39, 0.29) is 18.1 Å². The minimum atomic E-state index is -0.626. The zero-order chi connectivity index (χ0) is 15.3. The second-order valence-corrected chi connectivity index (χ2v) is 5.08. The van der Waals surface area contributed by atoms with Gasteiger partial charge in [-0.15, -0.1) is 0 Å². The minimum absolute atomic E-state index is 0.0403. The molecule has 0 atom stereocenters. The number of aryl methyl sites for hydroxylation is 1. The molecule has 112 valence electrons. The zero-order valence-electron chi connectivity index (χ0n) is 12.2. The molecule has 0 radical (unpaired) electrons. The number of nitrogens with zero attached hydrogens (tertiary/aromatic N) is 2.